The highest BCUT2D eigenvalue weighted by molar-refractivity contribution is 7.10. The van der Waals surface area contributed by atoms with E-state index in [-0.39, 0.29) is 11.3 Å². The van der Waals surface area contributed by atoms with E-state index in [1.165, 1.54) is 11.3 Å². The molecule has 0 saturated carbocycles. The van der Waals surface area contributed by atoms with Crippen molar-refractivity contribution in [3.05, 3.63) is 93.7 Å². The zero-order chi connectivity index (χ0) is 24.9. The van der Waals surface area contributed by atoms with Crippen LogP contribution in [0.15, 0.2) is 77.7 Å². The Bertz CT molecular complexity index is 1220. The second-order valence-corrected chi connectivity index (χ2v) is 9.74. The maximum Gasteiger partial charge on any atom is 0.295 e. The number of thiophene rings is 1. The van der Waals surface area contributed by atoms with Gasteiger partial charge in [-0.15, -0.1) is 11.3 Å². The minimum absolute atomic E-state index is 0.127. The highest BCUT2D eigenvalue weighted by Crippen LogP contribution is 2.41. The molecule has 8 heteroatoms. The van der Waals surface area contributed by atoms with Gasteiger partial charge in [-0.1, -0.05) is 36.4 Å². The summed E-state index contributed by atoms with van der Waals surface area (Å²) in [5.41, 5.74) is 1.65. The second-order valence-electron chi connectivity index (χ2n) is 8.76. The van der Waals surface area contributed by atoms with Crippen molar-refractivity contribution in [2.45, 2.75) is 12.6 Å². The van der Waals surface area contributed by atoms with Gasteiger partial charge in [0.2, 0.25) is 0 Å². The molecule has 0 unspecified atom stereocenters. The summed E-state index contributed by atoms with van der Waals surface area (Å²) >= 11 is 1.47. The van der Waals surface area contributed by atoms with Gasteiger partial charge in [0.15, 0.2) is 0 Å². The van der Waals surface area contributed by atoms with Crippen molar-refractivity contribution >= 4 is 28.8 Å². The number of likely N-dealkylation sites (tertiary alicyclic amines) is 1. The number of nitrogens with zero attached hydrogens (tertiary/aromatic N) is 2. The van der Waals surface area contributed by atoms with E-state index >= 15 is 0 Å². The molecule has 186 valence electrons. The molecule has 1 amide bonds. The molecule has 3 aromatic rings. The predicted molar refractivity (Wildman–Crippen MR) is 138 cm³/mol. The molecule has 0 bridgehead atoms. The first kappa shape index (κ1) is 24.2. The molecule has 2 aromatic carbocycles. The molecule has 2 aliphatic rings. The van der Waals surface area contributed by atoms with Crippen LogP contribution in [0, 0.1) is 0 Å². The van der Waals surface area contributed by atoms with Crippen LogP contribution in [-0.2, 0) is 20.9 Å². The SMILES string of the molecule is O=C1C(=O)N(CCN2CCOCC2)[C@@H](c2cccs2)C1=C(O)c1ccc(OCc2ccccc2)cc1. The number of hydrogen-bond acceptors (Lipinski definition) is 7. The summed E-state index contributed by atoms with van der Waals surface area (Å²) in [5.74, 6) is -0.755. The first-order valence-corrected chi connectivity index (χ1v) is 12.9. The molecule has 1 atom stereocenters. The lowest BCUT2D eigenvalue weighted by Gasteiger charge is -2.30. The van der Waals surface area contributed by atoms with E-state index in [0.717, 1.165) is 23.5 Å². The number of benzene rings is 2. The Hall–Kier alpha value is -3.46. The van der Waals surface area contributed by atoms with Gasteiger partial charge in [-0.3, -0.25) is 14.5 Å². The number of ketones is 1. The molecule has 0 radical (unpaired) electrons. The lowest BCUT2D eigenvalue weighted by atomic mass is 10.00. The second kappa shape index (κ2) is 11.1. The van der Waals surface area contributed by atoms with Crippen LogP contribution in [0.2, 0.25) is 0 Å². The van der Waals surface area contributed by atoms with E-state index in [4.69, 9.17) is 9.47 Å². The lowest BCUT2D eigenvalue weighted by Crippen LogP contribution is -2.42. The number of carbonyl (C=O) groups is 2. The summed E-state index contributed by atoms with van der Waals surface area (Å²) in [4.78, 5) is 30.9. The Morgan fingerprint density at radius 3 is 2.42 bits per heavy atom. The van der Waals surface area contributed by atoms with E-state index in [1.54, 1.807) is 29.2 Å². The Morgan fingerprint density at radius 2 is 1.72 bits per heavy atom. The first-order valence-electron chi connectivity index (χ1n) is 12.0. The summed E-state index contributed by atoms with van der Waals surface area (Å²) < 4.78 is 11.2. The number of Topliss-reactive ketones (excluding diaryl/α,β-unsaturated/α-hetero) is 1. The Balaban J connectivity index is 1.38. The number of amides is 1. The fourth-order valence-corrected chi connectivity index (χ4v) is 5.38. The topological polar surface area (TPSA) is 79.3 Å². The summed E-state index contributed by atoms with van der Waals surface area (Å²) in [6, 6.07) is 20.0. The van der Waals surface area contributed by atoms with Crippen LogP contribution in [0.25, 0.3) is 5.76 Å². The molecule has 3 heterocycles. The van der Waals surface area contributed by atoms with Gasteiger partial charge < -0.3 is 19.5 Å². The molecule has 1 aromatic heterocycles. The lowest BCUT2D eigenvalue weighted by molar-refractivity contribution is -0.140. The summed E-state index contributed by atoms with van der Waals surface area (Å²) in [6.07, 6.45) is 0. The highest BCUT2D eigenvalue weighted by Gasteiger charge is 2.46. The molecule has 1 N–H and O–H groups in total. The molecule has 2 aliphatic heterocycles. The number of morpholine rings is 1. The van der Waals surface area contributed by atoms with Gasteiger partial charge in [-0.05, 0) is 41.3 Å². The van der Waals surface area contributed by atoms with E-state index in [2.05, 4.69) is 4.90 Å². The van der Waals surface area contributed by atoms with Crippen molar-refractivity contribution < 1.29 is 24.2 Å². The van der Waals surface area contributed by atoms with E-state index in [9.17, 15) is 14.7 Å². The van der Waals surface area contributed by atoms with Crippen LogP contribution >= 0.6 is 11.3 Å². The smallest absolute Gasteiger partial charge is 0.295 e. The van der Waals surface area contributed by atoms with Crippen molar-refractivity contribution in [3.8, 4) is 5.75 Å². The average Bonchev–Trinajstić information content (AvgIpc) is 3.54. The van der Waals surface area contributed by atoms with E-state index in [1.807, 2.05) is 47.8 Å². The molecular weight excluding hydrogens is 476 g/mol. The third kappa shape index (κ3) is 5.21. The number of aliphatic hydroxyl groups is 1. The summed E-state index contributed by atoms with van der Waals surface area (Å²) in [6.45, 7) is 4.40. The van der Waals surface area contributed by atoms with E-state index < -0.39 is 17.7 Å². The van der Waals surface area contributed by atoms with Crippen LogP contribution in [0.4, 0.5) is 0 Å². The Labute approximate surface area is 214 Å². The van der Waals surface area contributed by atoms with Crippen LogP contribution in [-0.4, -0.2) is 66.0 Å². The maximum absolute atomic E-state index is 13.2. The number of hydrogen-bond donors (Lipinski definition) is 1. The Kier molecular flexibility index (Phi) is 7.46. The zero-order valence-corrected chi connectivity index (χ0v) is 20.7. The van der Waals surface area contributed by atoms with Crippen LogP contribution in [0.5, 0.6) is 5.75 Å². The van der Waals surface area contributed by atoms with Crippen molar-refractivity contribution in [2.24, 2.45) is 0 Å². The number of aliphatic hydroxyl groups excluding tert-OH is 1. The maximum atomic E-state index is 13.2. The largest absolute Gasteiger partial charge is 0.507 e. The fourth-order valence-electron chi connectivity index (χ4n) is 4.53. The van der Waals surface area contributed by atoms with Gasteiger partial charge in [-0.2, -0.15) is 0 Å². The van der Waals surface area contributed by atoms with Crippen molar-refractivity contribution in [1.82, 2.24) is 9.80 Å². The molecule has 2 saturated heterocycles. The fraction of sp³-hybridized carbons (Fsp3) is 0.286. The third-order valence-corrected chi connectivity index (χ3v) is 7.41. The normalized spacial score (nSPS) is 20.1. The Morgan fingerprint density at radius 1 is 0.972 bits per heavy atom. The highest BCUT2D eigenvalue weighted by atomic mass is 32.1. The molecule has 5 rings (SSSR count). The third-order valence-electron chi connectivity index (χ3n) is 6.49. The van der Waals surface area contributed by atoms with Gasteiger partial charge in [-0.25, -0.2) is 0 Å². The molecule has 2 fully saturated rings. The van der Waals surface area contributed by atoms with Gasteiger partial charge in [0.1, 0.15) is 18.1 Å². The van der Waals surface area contributed by atoms with Gasteiger partial charge >= 0.3 is 0 Å². The monoisotopic (exact) mass is 504 g/mol. The quantitative estimate of drug-likeness (QED) is 0.283. The van der Waals surface area contributed by atoms with Crippen molar-refractivity contribution in [3.63, 3.8) is 0 Å². The molecular formula is C28H28N2O5S. The number of carbonyl (C=O) groups excluding carboxylic acids is 2. The van der Waals surface area contributed by atoms with Crippen LogP contribution in [0.3, 0.4) is 0 Å². The predicted octanol–water partition coefficient (Wildman–Crippen LogP) is 4.08. The van der Waals surface area contributed by atoms with Crippen LogP contribution < -0.4 is 4.74 Å². The summed E-state index contributed by atoms with van der Waals surface area (Å²) in [7, 11) is 0. The molecule has 7 nitrogen and oxygen atoms in total. The van der Waals surface area contributed by atoms with E-state index in [0.29, 0.717) is 44.2 Å². The number of ether oxygens (including phenoxy) is 2. The minimum atomic E-state index is -0.655. The zero-order valence-electron chi connectivity index (χ0n) is 19.8. The summed E-state index contributed by atoms with van der Waals surface area (Å²) in [5, 5.41) is 13.1. The number of rotatable bonds is 8. The van der Waals surface area contributed by atoms with Crippen molar-refractivity contribution in [2.75, 3.05) is 39.4 Å². The van der Waals surface area contributed by atoms with Gasteiger partial charge in [0.25, 0.3) is 11.7 Å². The molecule has 0 aliphatic carbocycles. The average molecular weight is 505 g/mol. The molecule has 0 spiro atoms. The minimum Gasteiger partial charge on any atom is -0.507 e. The van der Waals surface area contributed by atoms with Crippen LogP contribution in [0.1, 0.15) is 22.0 Å². The van der Waals surface area contributed by atoms with Gasteiger partial charge in [0.05, 0.1) is 24.8 Å². The molecule has 36 heavy (non-hydrogen) atoms. The first-order chi connectivity index (χ1) is 17.6. The van der Waals surface area contributed by atoms with Gasteiger partial charge in [0, 0.05) is 36.6 Å². The standard InChI is InChI=1S/C28H28N2O5S/c31-26(21-8-10-22(11-9-21)35-19-20-5-2-1-3-6-20)24-25(23-7-4-18-36-23)30(28(33)27(24)32)13-12-29-14-16-34-17-15-29/h1-11,18,25,31H,12-17,19H2/t25-/m0/s1. The van der Waals surface area contributed by atoms with Crippen molar-refractivity contribution in [1.29, 1.82) is 0 Å².